The average Bonchev–Trinajstić information content (AvgIpc) is 3.15. The van der Waals surface area contributed by atoms with E-state index in [-0.39, 0.29) is 6.04 Å². The molecule has 0 radical (unpaired) electrons. The highest BCUT2D eigenvalue weighted by atomic mass is 35.5. The number of nitrogens with zero attached hydrogens (tertiary/aromatic N) is 2. The molecule has 4 aromatic rings. The third kappa shape index (κ3) is 3.47. The molecule has 0 saturated heterocycles. The summed E-state index contributed by atoms with van der Waals surface area (Å²) in [5.41, 5.74) is 2.13. The fourth-order valence-electron chi connectivity index (χ4n) is 3.02. The van der Waals surface area contributed by atoms with E-state index in [4.69, 9.17) is 16.1 Å². The number of halogens is 1. The quantitative estimate of drug-likeness (QED) is 0.516. The van der Waals surface area contributed by atoms with Gasteiger partial charge in [0.15, 0.2) is 0 Å². The minimum Gasteiger partial charge on any atom is -0.338 e. The van der Waals surface area contributed by atoms with Crippen molar-refractivity contribution in [2.24, 2.45) is 0 Å². The number of fused-ring (bicyclic) bond motifs is 1. The van der Waals surface area contributed by atoms with Crippen LogP contribution in [0, 0.1) is 0 Å². The van der Waals surface area contributed by atoms with E-state index in [9.17, 15) is 0 Å². The molecule has 1 atom stereocenters. The van der Waals surface area contributed by atoms with Crippen molar-refractivity contribution in [3.05, 3.63) is 83.2 Å². The monoisotopic (exact) mass is 363 g/mol. The van der Waals surface area contributed by atoms with E-state index in [1.165, 1.54) is 16.3 Å². The van der Waals surface area contributed by atoms with Gasteiger partial charge in [-0.1, -0.05) is 59.2 Å². The summed E-state index contributed by atoms with van der Waals surface area (Å²) in [5, 5.41) is 10.7. The van der Waals surface area contributed by atoms with Crippen LogP contribution >= 0.6 is 11.6 Å². The lowest BCUT2D eigenvalue weighted by atomic mass is 10.00. The van der Waals surface area contributed by atoms with Gasteiger partial charge in [-0.2, -0.15) is 4.98 Å². The van der Waals surface area contributed by atoms with Gasteiger partial charge in [0.05, 0.1) is 6.54 Å². The van der Waals surface area contributed by atoms with Crippen molar-refractivity contribution in [2.75, 3.05) is 0 Å². The van der Waals surface area contributed by atoms with Crippen LogP contribution in [0.5, 0.6) is 0 Å². The van der Waals surface area contributed by atoms with Crippen LogP contribution in [0.15, 0.2) is 71.3 Å². The molecule has 130 valence electrons. The first-order valence-corrected chi connectivity index (χ1v) is 8.88. The van der Waals surface area contributed by atoms with Crippen molar-refractivity contribution < 1.29 is 4.52 Å². The zero-order valence-corrected chi connectivity index (χ0v) is 15.1. The van der Waals surface area contributed by atoms with Crippen LogP contribution in [0.4, 0.5) is 0 Å². The van der Waals surface area contributed by atoms with Gasteiger partial charge < -0.3 is 9.84 Å². The third-order valence-corrected chi connectivity index (χ3v) is 4.67. The van der Waals surface area contributed by atoms with E-state index in [1.807, 2.05) is 24.3 Å². The molecule has 4 rings (SSSR count). The van der Waals surface area contributed by atoms with Gasteiger partial charge in [-0.15, -0.1) is 0 Å². The minimum atomic E-state index is 0.159. The molecule has 0 saturated carbocycles. The van der Waals surface area contributed by atoms with Gasteiger partial charge in [0, 0.05) is 16.6 Å². The second-order valence-electron chi connectivity index (χ2n) is 6.19. The first-order valence-electron chi connectivity index (χ1n) is 8.50. The summed E-state index contributed by atoms with van der Waals surface area (Å²) >= 11 is 5.91. The highest BCUT2D eigenvalue weighted by Gasteiger charge is 2.12. The lowest BCUT2D eigenvalue weighted by Gasteiger charge is -2.15. The highest BCUT2D eigenvalue weighted by Crippen LogP contribution is 2.24. The average molecular weight is 364 g/mol. The Labute approximate surface area is 156 Å². The first-order chi connectivity index (χ1) is 12.7. The number of aromatic nitrogens is 2. The number of benzene rings is 3. The molecule has 5 heteroatoms. The van der Waals surface area contributed by atoms with Crippen molar-refractivity contribution in [3.63, 3.8) is 0 Å². The van der Waals surface area contributed by atoms with E-state index in [0.717, 1.165) is 5.56 Å². The van der Waals surface area contributed by atoms with Crippen LogP contribution in [0.2, 0.25) is 5.02 Å². The predicted molar refractivity (Wildman–Crippen MR) is 104 cm³/mol. The number of hydrogen-bond acceptors (Lipinski definition) is 4. The van der Waals surface area contributed by atoms with Crippen molar-refractivity contribution in [3.8, 4) is 11.4 Å². The van der Waals surface area contributed by atoms with E-state index in [2.05, 4.69) is 64.8 Å². The zero-order valence-electron chi connectivity index (χ0n) is 14.3. The molecule has 0 bridgehead atoms. The maximum absolute atomic E-state index is 5.91. The standard InChI is InChI=1S/C21H18ClN3O/c1-14(18-8-4-6-15-5-2-3-7-19(15)18)23-13-20-24-21(25-26-20)16-9-11-17(22)12-10-16/h2-12,14,23H,13H2,1H3/t14-/m0/s1. The molecule has 0 aliphatic heterocycles. The molecule has 0 fully saturated rings. The van der Waals surface area contributed by atoms with Gasteiger partial charge in [0.1, 0.15) is 0 Å². The Hall–Kier alpha value is -2.69. The lowest BCUT2D eigenvalue weighted by molar-refractivity contribution is 0.361. The molecule has 1 heterocycles. The van der Waals surface area contributed by atoms with Crippen molar-refractivity contribution in [2.45, 2.75) is 19.5 Å². The van der Waals surface area contributed by atoms with Crippen LogP contribution in [-0.4, -0.2) is 10.1 Å². The molecule has 3 aromatic carbocycles. The molecular formula is C21H18ClN3O. The molecule has 4 nitrogen and oxygen atoms in total. The summed E-state index contributed by atoms with van der Waals surface area (Å²) in [6.07, 6.45) is 0. The van der Waals surface area contributed by atoms with Crippen LogP contribution in [-0.2, 0) is 6.54 Å². The Bertz CT molecular complexity index is 1020. The van der Waals surface area contributed by atoms with Crippen molar-refractivity contribution in [1.29, 1.82) is 0 Å². The van der Waals surface area contributed by atoms with E-state index in [0.29, 0.717) is 23.3 Å². The van der Waals surface area contributed by atoms with Gasteiger partial charge in [-0.25, -0.2) is 0 Å². The van der Waals surface area contributed by atoms with Crippen LogP contribution in [0.1, 0.15) is 24.4 Å². The molecule has 0 unspecified atom stereocenters. The fourth-order valence-corrected chi connectivity index (χ4v) is 3.15. The molecule has 1 aromatic heterocycles. The number of nitrogens with one attached hydrogen (secondary N) is 1. The Kier molecular flexibility index (Phi) is 4.69. The predicted octanol–water partition coefficient (Wildman–Crippen LogP) is 5.39. The Morgan fingerprint density at radius 3 is 2.62 bits per heavy atom. The molecule has 0 aliphatic rings. The van der Waals surface area contributed by atoms with Crippen LogP contribution in [0.3, 0.4) is 0 Å². The summed E-state index contributed by atoms with van der Waals surface area (Å²) < 4.78 is 5.37. The van der Waals surface area contributed by atoms with Gasteiger partial charge >= 0.3 is 0 Å². The smallest absolute Gasteiger partial charge is 0.240 e. The van der Waals surface area contributed by atoms with Gasteiger partial charge in [0.25, 0.3) is 0 Å². The van der Waals surface area contributed by atoms with Crippen molar-refractivity contribution in [1.82, 2.24) is 15.5 Å². The molecule has 0 spiro atoms. The summed E-state index contributed by atoms with van der Waals surface area (Å²) in [5.74, 6) is 1.12. The topological polar surface area (TPSA) is 51.0 Å². The number of hydrogen-bond donors (Lipinski definition) is 1. The molecule has 0 amide bonds. The van der Waals surface area contributed by atoms with Crippen LogP contribution < -0.4 is 5.32 Å². The maximum Gasteiger partial charge on any atom is 0.240 e. The Morgan fingerprint density at radius 1 is 1.00 bits per heavy atom. The fraction of sp³-hybridized carbons (Fsp3) is 0.143. The summed E-state index contributed by atoms with van der Waals surface area (Å²) in [4.78, 5) is 4.45. The zero-order chi connectivity index (χ0) is 17.9. The Balaban J connectivity index is 1.48. The molecular weight excluding hydrogens is 346 g/mol. The number of rotatable bonds is 5. The Morgan fingerprint density at radius 2 is 1.77 bits per heavy atom. The highest BCUT2D eigenvalue weighted by molar-refractivity contribution is 6.30. The molecule has 26 heavy (non-hydrogen) atoms. The SMILES string of the molecule is C[C@H](NCc1nc(-c2ccc(Cl)cc2)no1)c1cccc2ccccc12. The van der Waals surface area contributed by atoms with E-state index in [1.54, 1.807) is 0 Å². The largest absolute Gasteiger partial charge is 0.338 e. The van der Waals surface area contributed by atoms with Gasteiger partial charge in [-0.05, 0) is 47.5 Å². The summed E-state index contributed by atoms with van der Waals surface area (Å²) in [6, 6.07) is 22.3. The third-order valence-electron chi connectivity index (χ3n) is 4.42. The van der Waals surface area contributed by atoms with E-state index < -0.39 is 0 Å². The normalized spacial score (nSPS) is 12.4. The van der Waals surface area contributed by atoms with Crippen molar-refractivity contribution >= 4 is 22.4 Å². The van der Waals surface area contributed by atoms with E-state index >= 15 is 0 Å². The maximum atomic E-state index is 5.91. The molecule has 0 aliphatic carbocycles. The summed E-state index contributed by atoms with van der Waals surface area (Å²) in [6.45, 7) is 2.64. The lowest BCUT2D eigenvalue weighted by Crippen LogP contribution is -2.18. The van der Waals surface area contributed by atoms with Gasteiger partial charge in [-0.3, -0.25) is 0 Å². The first kappa shape index (κ1) is 16.8. The minimum absolute atomic E-state index is 0.159. The van der Waals surface area contributed by atoms with Gasteiger partial charge in [0.2, 0.25) is 11.7 Å². The second-order valence-corrected chi connectivity index (χ2v) is 6.63. The molecule has 1 N–H and O–H groups in total. The van der Waals surface area contributed by atoms with Crippen LogP contribution in [0.25, 0.3) is 22.2 Å². The summed E-state index contributed by atoms with van der Waals surface area (Å²) in [7, 11) is 0. The second kappa shape index (κ2) is 7.28.